The fraction of sp³-hybridized carbons (Fsp3) is 0.429. The van der Waals surface area contributed by atoms with Crippen molar-refractivity contribution in [2.75, 3.05) is 12.3 Å². The van der Waals surface area contributed by atoms with Crippen LogP contribution in [0.2, 0.25) is 5.02 Å². The van der Waals surface area contributed by atoms with Crippen molar-refractivity contribution in [1.29, 1.82) is 0 Å². The molecule has 1 aromatic heterocycles. The zero-order chi connectivity index (χ0) is 20.4. The van der Waals surface area contributed by atoms with E-state index in [0.29, 0.717) is 23.3 Å². The molecule has 2 aromatic rings. The van der Waals surface area contributed by atoms with Crippen molar-refractivity contribution in [2.24, 2.45) is 0 Å². The summed E-state index contributed by atoms with van der Waals surface area (Å²) >= 11 is 6.26. The number of hydrogen-bond acceptors (Lipinski definition) is 3. The standard InChI is InChI=1S/C21H26ClFNO3P/c1-4-19(28(5-2)6-3)27-18-12-17(16(23)11-15(18)22)24-20(25)13-9-7-8-10-14(13)21(24)26/h7,9,11-12,19,25-26H,4-6,8,10H2,1-3H3. The van der Waals surface area contributed by atoms with Gasteiger partial charge >= 0.3 is 0 Å². The molecule has 1 unspecified atom stereocenters. The highest BCUT2D eigenvalue weighted by Gasteiger charge is 2.26. The molecule has 4 nitrogen and oxygen atoms in total. The van der Waals surface area contributed by atoms with Crippen LogP contribution in [0.25, 0.3) is 11.8 Å². The molecule has 1 aliphatic carbocycles. The molecule has 0 amide bonds. The average Bonchev–Trinajstić information content (AvgIpc) is 2.94. The van der Waals surface area contributed by atoms with E-state index in [1.165, 1.54) is 12.1 Å². The lowest BCUT2D eigenvalue weighted by Gasteiger charge is -2.26. The normalized spacial score (nSPS) is 14.4. The summed E-state index contributed by atoms with van der Waals surface area (Å²) in [4.78, 5) is 0. The number of nitrogens with zero attached hydrogens (tertiary/aromatic N) is 1. The van der Waals surface area contributed by atoms with Crippen LogP contribution in [0.3, 0.4) is 0 Å². The quantitative estimate of drug-likeness (QED) is 0.513. The molecule has 1 heterocycles. The van der Waals surface area contributed by atoms with E-state index >= 15 is 0 Å². The maximum Gasteiger partial charge on any atom is 0.206 e. The number of aromatic hydroxyl groups is 2. The highest BCUT2D eigenvalue weighted by Crippen LogP contribution is 2.46. The predicted molar refractivity (Wildman–Crippen MR) is 114 cm³/mol. The van der Waals surface area contributed by atoms with E-state index in [9.17, 15) is 14.6 Å². The van der Waals surface area contributed by atoms with E-state index in [1.807, 2.05) is 6.08 Å². The zero-order valence-corrected chi connectivity index (χ0v) is 18.0. The van der Waals surface area contributed by atoms with Gasteiger partial charge in [-0.05, 0) is 37.7 Å². The summed E-state index contributed by atoms with van der Waals surface area (Å²) in [5.41, 5.74) is 1.15. The Morgan fingerprint density at radius 3 is 2.54 bits per heavy atom. The van der Waals surface area contributed by atoms with Crippen LogP contribution in [0, 0.1) is 5.82 Å². The Morgan fingerprint density at radius 1 is 1.21 bits per heavy atom. The van der Waals surface area contributed by atoms with Crippen LogP contribution in [-0.4, -0.2) is 32.9 Å². The van der Waals surface area contributed by atoms with Gasteiger partial charge < -0.3 is 14.9 Å². The van der Waals surface area contributed by atoms with Crippen LogP contribution in [0.5, 0.6) is 17.5 Å². The molecule has 1 aliphatic rings. The summed E-state index contributed by atoms with van der Waals surface area (Å²) in [5.74, 6) is -0.600. The van der Waals surface area contributed by atoms with E-state index in [0.717, 1.165) is 29.7 Å². The van der Waals surface area contributed by atoms with Crippen molar-refractivity contribution < 1.29 is 19.3 Å². The maximum atomic E-state index is 14.8. The molecule has 0 saturated carbocycles. The number of benzene rings is 1. The van der Waals surface area contributed by atoms with Crippen LogP contribution in [-0.2, 0) is 6.42 Å². The molecule has 1 aromatic carbocycles. The van der Waals surface area contributed by atoms with Gasteiger partial charge in [-0.1, -0.05) is 52.4 Å². The molecular formula is C21H26ClFNO3P. The Morgan fingerprint density at radius 2 is 1.93 bits per heavy atom. The first-order valence-electron chi connectivity index (χ1n) is 9.64. The smallest absolute Gasteiger partial charge is 0.206 e. The number of halogens is 2. The number of rotatable bonds is 7. The van der Waals surface area contributed by atoms with Gasteiger partial charge in [-0.15, -0.1) is 0 Å². The fourth-order valence-corrected chi connectivity index (χ4v) is 5.90. The third-order valence-electron chi connectivity index (χ3n) is 5.18. The molecule has 0 saturated heterocycles. The van der Waals surface area contributed by atoms with Gasteiger partial charge in [0.05, 0.1) is 10.7 Å². The highest BCUT2D eigenvalue weighted by atomic mass is 35.5. The summed E-state index contributed by atoms with van der Waals surface area (Å²) in [5, 5.41) is 21.4. The number of ether oxygens (including phenoxy) is 1. The minimum atomic E-state index is -0.638. The molecule has 0 fully saturated rings. The minimum Gasteiger partial charge on any atom is -0.494 e. The van der Waals surface area contributed by atoms with E-state index in [4.69, 9.17) is 16.3 Å². The van der Waals surface area contributed by atoms with Crippen LogP contribution in [0.4, 0.5) is 4.39 Å². The summed E-state index contributed by atoms with van der Waals surface area (Å²) in [6, 6.07) is 2.64. The monoisotopic (exact) mass is 425 g/mol. The fourth-order valence-electron chi connectivity index (χ4n) is 3.66. The molecule has 152 valence electrons. The molecule has 0 radical (unpaired) electrons. The van der Waals surface area contributed by atoms with E-state index in [-0.39, 0.29) is 36.2 Å². The minimum absolute atomic E-state index is 0.0174. The summed E-state index contributed by atoms with van der Waals surface area (Å²) in [6.07, 6.45) is 7.92. The Hall–Kier alpha value is -1.71. The molecule has 3 rings (SSSR count). The molecule has 1 atom stereocenters. The molecule has 2 N–H and O–H groups in total. The van der Waals surface area contributed by atoms with Gasteiger partial charge in [0.2, 0.25) is 11.8 Å². The Bertz CT molecular complexity index is 893. The lowest BCUT2D eigenvalue weighted by molar-refractivity contribution is 0.277. The van der Waals surface area contributed by atoms with Gasteiger partial charge in [-0.2, -0.15) is 0 Å². The van der Waals surface area contributed by atoms with Gasteiger partial charge in [0.25, 0.3) is 0 Å². The topological polar surface area (TPSA) is 54.6 Å². The van der Waals surface area contributed by atoms with Crippen molar-refractivity contribution in [3.8, 4) is 23.2 Å². The van der Waals surface area contributed by atoms with Gasteiger partial charge in [-0.3, -0.25) is 0 Å². The van der Waals surface area contributed by atoms with Gasteiger partial charge in [0.1, 0.15) is 17.4 Å². The van der Waals surface area contributed by atoms with Crippen LogP contribution in [0.15, 0.2) is 18.2 Å². The number of fused-ring (bicyclic) bond motifs is 1. The second kappa shape index (κ2) is 8.75. The summed E-state index contributed by atoms with van der Waals surface area (Å²) in [6.45, 7) is 6.35. The first-order valence-corrected chi connectivity index (χ1v) is 11.8. The van der Waals surface area contributed by atoms with Crippen molar-refractivity contribution in [1.82, 2.24) is 4.57 Å². The number of allylic oxidation sites excluding steroid dienone is 1. The van der Waals surface area contributed by atoms with Crippen LogP contribution >= 0.6 is 19.5 Å². The first kappa shape index (κ1) is 21.0. The molecule has 0 bridgehead atoms. The van der Waals surface area contributed by atoms with Crippen molar-refractivity contribution in [3.05, 3.63) is 40.2 Å². The molecular weight excluding hydrogens is 400 g/mol. The van der Waals surface area contributed by atoms with Crippen molar-refractivity contribution >= 4 is 25.6 Å². The maximum absolute atomic E-state index is 14.8. The third-order valence-corrected chi connectivity index (χ3v) is 8.38. The van der Waals surface area contributed by atoms with Crippen molar-refractivity contribution in [3.63, 3.8) is 0 Å². The second-order valence-corrected chi connectivity index (χ2v) is 10.2. The average molecular weight is 426 g/mol. The van der Waals surface area contributed by atoms with Crippen molar-refractivity contribution in [2.45, 2.75) is 45.9 Å². The van der Waals surface area contributed by atoms with Gasteiger partial charge in [0, 0.05) is 17.2 Å². The molecule has 7 heteroatoms. The van der Waals surface area contributed by atoms with E-state index in [1.54, 1.807) is 6.08 Å². The SMILES string of the molecule is CCC(Oc1cc(-n2c(O)c3c(c2O)CCC=C3)c(F)cc1Cl)P(CC)CC. The Labute approximate surface area is 171 Å². The Balaban J connectivity index is 2.06. The van der Waals surface area contributed by atoms with Crippen LogP contribution in [0.1, 0.15) is 44.7 Å². The number of aromatic nitrogens is 1. The second-order valence-electron chi connectivity index (χ2n) is 6.75. The lowest BCUT2D eigenvalue weighted by atomic mass is 10.0. The lowest BCUT2D eigenvalue weighted by Crippen LogP contribution is -2.16. The first-order chi connectivity index (χ1) is 13.4. The van der Waals surface area contributed by atoms with E-state index < -0.39 is 5.82 Å². The van der Waals surface area contributed by atoms with Crippen LogP contribution < -0.4 is 4.74 Å². The Kier molecular flexibility index (Phi) is 6.57. The molecule has 28 heavy (non-hydrogen) atoms. The zero-order valence-electron chi connectivity index (χ0n) is 16.4. The predicted octanol–water partition coefficient (Wildman–Crippen LogP) is 6.28. The van der Waals surface area contributed by atoms with Gasteiger partial charge in [-0.25, -0.2) is 8.96 Å². The van der Waals surface area contributed by atoms with E-state index in [2.05, 4.69) is 20.8 Å². The highest BCUT2D eigenvalue weighted by molar-refractivity contribution is 7.58. The largest absolute Gasteiger partial charge is 0.494 e. The number of hydrogen-bond donors (Lipinski definition) is 2. The summed E-state index contributed by atoms with van der Waals surface area (Å²) < 4.78 is 22.1. The van der Waals surface area contributed by atoms with Gasteiger partial charge in [0.15, 0.2) is 0 Å². The third kappa shape index (κ3) is 3.75. The molecule has 0 aliphatic heterocycles. The summed E-state index contributed by atoms with van der Waals surface area (Å²) in [7, 11) is -0.327. The molecule has 0 spiro atoms.